The molecule has 0 spiro atoms. The van der Waals surface area contributed by atoms with Crippen LogP contribution in [0.4, 0.5) is 26.3 Å². The largest absolute Gasteiger partial charge is 0.486 e. The number of carbonyl (C=O) groups excluding carboxylic acids is 1. The molecular weight excluding hydrogens is 693 g/mol. The maximum atomic E-state index is 12.6. The van der Waals surface area contributed by atoms with E-state index in [4.69, 9.17) is 48.3 Å². The number of carbonyl (C=O) groups is 2. The summed E-state index contributed by atoms with van der Waals surface area (Å²) >= 11 is 11.5. The molecule has 0 saturated carbocycles. The van der Waals surface area contributed by atoms with Crippen LogP contribution in [0.1, 0.15) is 61.5 Å². The number of ether oxygens (including phenoxy) is 2. The topological polar surface area (TPSA) is 146 Å². The van der Waals surface area contributed by atoms with Crippen LogP contribution in [0.2, 0.25) is 10.0 Å². The molecule has 0 fully saturated rings. The number of halogens is 8. The summed E-state index contributed by atoms with van der Waals surface area (Å²) in [5.41, 5.74) is -1.33. The van der Waals surface area contributed by atoms with E-state index in [2.05, 4.69) is 9.97 Å². The van der Waals surface area contributed by atoms with Crippen molar-refractivity contribution in [2.75, 3.05) is 0 Å². The van der Waals surface area contributed by atoms with Crippen molar-refractivity contribution in [1.29, 1.82) is 10.5 Å². The lowest BCUT2D eigenvalue weighted by molar-refractivity contribution is -0.138. The number of benzene rings is 2. The van der Waals surface area contributed by atoms with Crippen LogP contribution in [0.15, 0.2) is 60.7 Å². The minimum atomic E-state index is -4.53. The fourth-order valence-electron chi connectivity index (χ4n) is 3.63. The zero-order valence-corrected chi connectivity index (χ0v) is 25.6. The van der Waals surface area contributed by atoms with E-state index < -0.39 is 29.4 Å². The van der Waals surface area contributed by atoms with Gasteiger partial charge in [-0.1, -0.05) is 23.2 Å². The van der Waals surface area contributed by atoms with Gasteiger partial charge < -0.3 is 14.6 Å². The number of alkyl halides is 6. The molecule has 4 aromatic rings. The molecule has 0 aliphatic heterocycles. The number of hydrogen-bond acceptors (Lipinski definition) is 8. The number of carboxylic acids is 1. The molecule has 2 aromatic carbocycles. The number of aromatic carboxylic acids is 1. The summed E-state index contributed by atoms with van der Waals surface area (Å²) < 4.78 is 86.0. The van der Waals surface area contributed by atoms with E-state index in [-0.39, 0.29) is 74.4 Å². The van der Waals surface area contributed by atoms with E-state index in [1.807, 2.05) is 6.07 Å². The monoisotopic (exact) mass is 710 g/mol. The number of pyridine rings is 2. The van der Waals surface area contributed by atoms with Crippen LogP contribution >= 0.6 is 23.2 Å². The predicted octanol–water partition coefficient (Wildman–Crippen LogP) is 8.31. The van der Waals surface area contributed by atoms with Crippen LogP contribution < -0.4 is 9.47 Å². The van der Waals surface area contributed by atoms with Crippen molar-refractivity contribution in [2.24, 2.45) is 0 Å². The number of nitriles is 2. The Kier molecular flexibility index (Phi) is 12.0. The summed E-state index contributed by atoms with van der Waals surface area (Å²) in [5.74, 6) is -1.62. The first-order valence-electron chi connectivity index (χ1n) is 13.0. The van der Waals surface area contributed by atoms with Gasteiger partial charge in [-0.3, -0.25) is 4.79 Å². The standard InChI is InChI=1S/C16H10ClF3N2O2.C15H8ClF3N2O3/c1-9(23)14-5-10(7-21)4-12(22-14)8-24-15-3-2-11(6-13(15)17)16(18,19)20;16-11-5-9(15(17,18)19)1-2-13(11)24-7-10-3-8(6-20)4-12(21-10)14(22)23/h2-6H,8H2,1H3;1-5H,7H2,(H,22,23). The van der Waals surface area contributed by atoms with Gasteiger partial charge in [-0.2, -0.15) is 36.9 Å². The molecule has 48 heavy (non-hydrogen) atoms. The van der Waals surface area contributed by atoms with E-state index in [1.54, 1.807) is 6.07 Å². The highest BCUT2D eigenvalue weighted by molar-refractivity contribution is 6.32. The van der Waals surface area contributed by atoms with Crippen molar-refractivity contribution in [3.05, 3.63) is 116 Å². The Morgan fingerprint density at radius 2 is 1.12 bits per heavy atom. The average molecular weight is 711 g/mol. The van der Waals surface area contributed by atoms with Crippen molar-refractivity contribution >= 4 is 35.0 Å². The number of Topliss-reactive ketones (excluding diaryl/α,β-unsaturated/α-hetero) is 1. The molecule has 17 heteroatoms. The van der Waals surface area contributed by atoms with Gasteiger partial charge in [0.25, 0.3) is 0 Å². The lowest BCUT2D eigenvalue weighted by Gasteiger charge is -2.11. The van der Waals surface area contributed by atoms with Gasteiger partial charge >= 0.3 is 18.3 Å². The fourth-order valence-corrected chi connectivity index (χ4v) is 4.10. The molecule has 0 atom stereocenters. The van der Waals surface area contributed by atoms with Gasteiger partial charge in [0.15, 0.2) is 5.78 Å². The highest BCUT2D eigenvalue weighted by atomic mass is 35.5. The zero-order chi connectivity index (χ0) is 35.8. The first kappa shape index (κ1) is 37.1. The summed E-state index contributed by atoms with van der Waals surface area (Å²) in [4.78, 5) is 30.1. The second kappa shape index (κ2) is 15.5. The number of nitrogens with zero attached hydrogens (tertiary/aromatic N) is 4. The van der Waals surface area contributed by atoms with Gasteiger partial charge in [-0.15, -0.1) is 0 Å². The van der Waals surface area contributed by atoms with Crippen molar-refractivity contribution in [1.82, 2.24) is 9.97 Å². The lowest BCUT2D eigenvalue weighted by atomic mass is 10.1. The molecule has 1 N–H and O–H groups in total. The highest BCUT2D eigenvalue weighted by Crippen LogP contribution is 2.36. The van der Waals surface area contributed by atoms with Crippen LogP contribution in [0.25, 0.3) is 0 Å². The van der Waals surface area contributed by atoms with Crippen LogP contribution in [-0.2, 0) is 25.6 Å². The normalized spacial score (nSPS) is 11.0. The van der Waals surface area contributed by atoms with Crippen LogP contribution in [0.5, 0.6) is 11.5 Å². The molecule has 0 saturated heterocycles. The maximum absolute atomic E-state index is 12.6. The van der Waals surface area contributed by atoms with Crippen LogP contribution in [0, 0.1) is 22.7 Å². The number of hydrogen-bond donors (Lipinski definition) is 1. The van der Waals surface area contributed by atoms with Gasteiger partial charge in [0.1, 0.15) is 36.1 Å². The van der Waals surface area contributed by atoms with E-state index in [0.717, 1.165) is 42.5 Å². The SMILES string of the molecule is CC(=O)c1cc(C#N)cc(COc2ccc(C(F)(F)F)cc2Cl)n1.N#Cc1cc(COc2ccc(C(F)(F)F)cc2Cl)nc(C(=O)O)c1. The van der Waals surface area contributed by atoms with Crippen LogP contribution in [0.3, 0.4) is 0 Å². The summed E-state index contributed by atoms with van der Waals surface area (Å²) in [5, 5.41) is 26.3. The quantitative estimate of drug-likeness (QED) is 0.141. The molecule has 0 radical (unpaired) electrons. The molecule has 2 heterocycles. The highest BCUT2D eigenvalue weighted by Gasteiger charge is 2.32. The smallest absolute Gasteiger partial charge is 0.416 e. The number of ketones is 1. The Labute approximate surface area is 277 Å². The maximum Gasteiger partial charge on any atom is 0.416 e. The fraction of sp³-hybridized carbons (Fsp3) is 0.161. The minimum absolute atomic E-state index is 0.0225. The summed E-state index contributed by atoms with van der Waals surface area (Å²) in [6, 6.07) is 14.1. The molecule has 0 unspecified atom stereocenters. The summed E-state index contributed by atoms with van der Waals surface area (Å²) in [7, 11) is 0. The van der Waals surface area contributed by atoms with Crippen molar-refractivity contribution in [3.8, 4) is 23.6 Å². The molecule has 0 aliphatic carbocycles. The molecule has 9 nitrogen and oxygen atoms in total. The third-order valence-electron chi connectivity index (χ3n) is 5.86. The predicted molar refractivity (Wildman–Crippen MR) is 156 cm³/mol. The van der Waals surface area contributed by atoms with E-state index in [0.29, 0.717) is 0 Å². The van der Waals surface area contributed by atoms with Gasteiger partial charge in [-0.25, -0.2) is 14.8 Å². The zero-order valence-electron chi connectivity index (χ0n) is 24.1. The Morgan fingerprint density at radius 1 is 0.729 bits per heavy atom. The van der Waals surface area contributed by atoms with Crippen molar-refractivity contribution in [3.63, 3.8) is 0 Å². The molecule has 4 rings (SSSR count). The third kappa shape index (κ3) is 10.3. The van der Waals surface area contributed by atoms with Crippen molar-refractivity contribution in [2.45, 2.75) is 32.5 Å². The Hall–Kier alpha value is -5.38. The Bertz CT molecular complexity index is 1800. The molecule has 2 aromatic heterocycles. The number of carboxylic acid groups (broad SMARTS) is 1. The van der Waals surface area contributed by atoms with Gasteiger partial charge in [0.05, 0.1) is 55.8 Å². The molecule has 0 aliphatic rings. The molecule has 248 valence electrons. The van der Waals surface area contributed by atoms with E-state index in [1.165, 1.54) is 25.1 Å². The van der Waals surface area contributed by atoms with E-state index in [9.17, 15) is 35.9 Å². The molecule has 0 amide bonds. The van der Waals surface area contributed by atoms with Gasteiger partial charge in [0.2, 0.25) is 0 Å². The second-order valence-corrected chi connectivity index (χ2v) is 10.2. The molecular formula is C31H18Cl2F6N4O5. The van der Waals surface area contributed by atoms with Gasteiger partial charge in [-0.05, 0) is 60.7 Å². The van der Waals surface area contributed by atoms with Crippen molar-refractivity contribution < 1.29 is 50.5 Å². The molecule has 0 bridgehead atoms. The average Bonchev–Trinajstić information content (AvgIpc) is 3.02. The van der Waals surface area contributed by atoms with Gasteiger partial charge in [0, 0.05) is 6.92 Å². The lowest BCUT2D eigenvalue weighted by Crippen LogP contribution is -2.07. The summed E-state index contributed by atoms with van der Waals surface area (Å²) in [6.07, 6.45) is -9.03. The van der Waals surface area contributed by atoms with E-state index >= 15 is 0 Å². The minimum Gasteiger partial charge on any atom is -0.486 e. The van der Waals surface area contributed by atoms with Crippen LogP contribution in [-0.4, -0.2) is 26.8 Å². The Morgan fingerprint density at radius 3 is 1.46 bits per heavy atom. The Balaban J connectivity index is 0.000000260. The first-order valence-corrected chi connectivity index (χ1v) is 13.7. The number of aromatic nitrogens is 2. The summed E-state index contributed by atoms with van der Waals surface area (Å²) in [6.45, 7) is 0.891. The third-order valence-corrected chi connectivity index (χ3v) is 6.46. The first-order chi connectivity index (χ1) is 22.4. The number of rotatable bonds is 8. The second-order valence-electron chi connectivity index (χ2n) is 9.41.